The zero-order valence-corrected chi connectivity index (χ0v) is 16.0. The van der Waals surface area contributed by atoms with Crippen LogP contribution in [0.4, 0.5) is 0 Å². The Balaban J connectivity index is 1.74. The van der Waals surface area contributed by atoms with Crippen molar-refractivity contribution >= 4 is 29.4 Å². The molecule has 2 aromatic carbocycles. The molecule has 0 aliphatic carbocycles. The maximum absolute atomic E-state index is 12.1. The predicted molar refractivity (Wildman–Crippen MR) is 102 cm³/mol. The quantitative estimate of drug-likeness (QED) is 0.740. The Labute approximate surface area is 163 Å². The van der Waals surface area contributed by atoms with E-state index in [9.17, 15) is 14.4 Å². The lowest BCUT2D eigenvalue weighted by Gasteiger charge is -2.18. The van der Waals surface area contributed by atoms with Gasteiger partial charge in [0.15, 0.2) is 6.61 Å². The van der Waals surface area contributed by atoms with Gasteiger partial charge in [0.05, 0.1) is 0 Å². The van der Waals surface area contributed by atoms with E-state index in [-0.39, 0.29) is 19.1 Å². The number of aryl methyl sites for hydroxylation is 1. The summed E-state index contributed by atoms with van der Waals surface area (Å²) in [4.78, 5) is 37.2. The number of likely N-dealkylation sites (N-methyl/N-ethyl adjacent to an activating group) is 1. The van der Waals surface area contributed by atoms with E-state index in [0.29, 0.717) is 17.1 Å². The van der Waals surface area contributed by atoms with Gasteiger partial charge in [-0.05, 0) is 42.3 Å². The highest BCUT2D eigenvalue weighted by Crippen LogP contribution is 2.10. The van der Waals surface area contributed by atoms with E-state index >= 15 is 0 Å². The van der Waals surface area contributed by atoms with Gasteiger partial charge >= 0.3 is 5.97 Å². The molecule has 0 radical (unpaired) electrons. The maximum atomic E-state index is 12.1. The normalized spacial score (nSPS) is 10.2. The van der Waals surface area contributed by atoms with E-state index in [0.717, 1.165) is 11.1 Å². The van der Waals surface area contributed by atoms with Gasteiger partial charge < -0.3 is 15.0 Å². The average Bonchev–Trinajstić information content (AvgIpc) is 2.66. The van der Waals surface area contributed by atoms with E-state index < -0.39 is 11.9 Å². The van der Waals surface area contributed by atoms with Crippen molar-refractivity contribution in [3.05, 3.63) is 70.2 Å². The lowest BCUT2D eigenvalue weighted by Crippen LogP contribution is -2.34. The van der Waals surface area contributed by atoms with Crippen molar-refractivity contribution in [2.75, 3.05) is 20.2 Å². The number of halogens is 1. The summed E-state index contributed by atoms with van der Waals surface area (Å²) in [6, 6.07) is 14.0. The minimum absolute atomic E-state index is 0.323. The number of hydrogen-bond donors (Lipinski definition) is 1. The average molecular weight is 389 g/mol. The van der Waals surface area contributed by atoms with Crippen LogP contribution in [-0.2, 0) is 20.9 Å². The highest BCUT2D eigenvalue weighted by molar-refractivity contribution is 6.30. The summed E-state index contributed by atoms with van der Waals surface area (Å²) >= 11 is 5.76. The summed E-state index contributed by atoms with van der Waals surface area (Å²) in [6.45, 7) is 1.70. The molecule has 2 aromatic rings. The minimum Gasteiger partial charge on any atom is -0.454 e. The minimum atomic E-state index is -0.685. The maximum Gasteiger partial charge on any atom is 0.325 e. The van der Waals surface area contributed by atoms with E-state index in [1.165, 1.54) is 4.90 Å². The van der Waals surface area contributed by atoms with Crippen molar-refractivity contribution < 1.29 is 19.1 Å². The molecule has 0 aliphatic heterocycles. The summed E-state index contributed by atoms with van der Waals surface area (Å²) < 4.78 is 4.93. The molecule has 7 heteroatoms. The van der Waals surface area contributed by atoms with Gasteiger partial charge in [0.25, 0.3) is 11.8 Å². The second-order valence-corrected chi connectivity index (χ2v) is 6.46. The third-order valence-corrected chi connectivity index (χ3v) is 4.20. The molecule has 0 saturated carbocycles. The second kappa shape index (κ2) is 9.73. The first-order valence-electron chi connectivity index (χ1n) is 8.34. The first kappa shape index (κ1) is 20.5. The number of carbonyl (C=O) groups excluding carboxylic acids is 3. The summed E-state index contributed by atoms with van der Waals surface area (Å²) in [5.41, 5.74) is 2.48. The van der Waals surface area contributed by atoms with Gasteiger partial charge in [0.1, 0.15) is 6.54 Å². The van der Waals surface area contributed by atoms with Gasteiger partial charge in [-0.1, -0.05) is 35.9 Å². The highest BCUT2D eigenvalue weighted by atomic mass is 35.5. The summed E-state index contributed by atoms with van der Waals surface area (Å²) in [5.74, 6) is -1.43. The third kappa shape index (κ3) is 6.42. The Morgan fingerprint density at radius 1 is 1.07 bits per heavy atom. The molecule has 2 amide bonds. The van der Waals surface area contributed by atoms with Crippen molar-refractivity contribution in [3.8, 4) is 0 Å². The largest absolute Gasteiger partial charge is 0.454 e. The van der Waals surface area contributed by atoms with E-state index in [2.05, 4.69) is 5.32 Å². The lowest BCUT2D eigenvalue weighted by atomic mass is 10.1. The molecule has 0 atom stereocenters. The summed E-state index contributed by atoms with van der Waals surface area (Å²) in [5, 5.41) is 2.95. The van der Waals surface area contributed by atoms with Crippen molar-refractivity contribution in [1.29, 1.82) is 0 Å². The van der Waals surface area contributed by atoms with Gasteiger partial charge in [0, 0.05) is 24.2 Å². The fourth-order valence-electron chi connectivity index (χ4n) is 2.29. The van der Waals surface area contributed by atoms with Crippen LogP contribution >= 0.6 is 11.6 Å². The smallest absolute Gasteiger partial charge is 0.325 e. The number of ether oxygens (including phenoxy) is 1. The van der Waals surface area contributed by atoms with Crippen LogP contribution in [0.2, 0.25) is 5.02 Å². The van der Waals surface area contributed by atoms with Crippen LogP contribution < -0.4 is 5.32 Å². The van der Waals surface area contributed by atoms with Crippen molar-refractivity contribution in [1.82, 2.24) is 10.2 Å². The fourth-order valence-corrected chi connectivity index (χ4v) is 2.42. The number of amides is 2. The molecule has 0 heterocycles. The summed E-state index contributed by atoms with van der Waals surface area (Å²) in [7, 11) is 1.64. The van der Waals surface area contributed by atoms with Gasteiger partial charge in [0.2, 0.25) is 0 Å². The van der Waals surface area contributed by atoms with E-state index in [1.807, 2.05) is 31.2 Å². The zero-order chi connectivity index (χ0) is 19.8. The Hall–Kier alpha value is -2.86. The van der Waals surface area contributed by atoms with Crippen LogP contribution in [0, 0.1) is 6.92 Å². The number of rotatable bonds is 7. The molecule has 0 fully saturated rings. The van der Waals surface area contributed by atoms with Crippen LogP contribution in [0.25, 0.3) is 0 Å². The van der Waals surface area contributed by atoms with Gasteiger partial charge in [-0.3, -0.25) is 14.4 Å². The van der Waals surface area contributed by atoms with Gasteiger partial charge in [-0.15, -0.1) is 0 Å². The number of nitrogens with one attached hydrogen (secondary N) is 1. The zero-order valence-electron chi connectivity index (χ0n) is 15.2. The molecule has 1 N–H and O–H groups in total. The van der Waals surface area contributed by atoms with Crippen LogP contribution in [0.3, 0.4) is 0 Å². The van der Waals surface area contributed by atoms with Crippen LogP contribution in [0.1, 0.15) is 21.5 Å². The summed E-state index contributed by atoms with van der Waals surface area (Å²) in [6.07, 6.45) is 0. The van der Waals surface area contributed by atoms with E-state index in [4.69, 9.17) is 16.3 Å². The molecule has 6 nitrogen and oxygen atoms in total. The number of nitrogens with zero attached hydrogens (tertiary/aromatic N) is 1. The molecule has 0 bridgehead atoms. The Morgan fingerprint density at radius 3 is 2.41 bits per heavy atom. The third-order valence-electron chi connectivity index (χ3n) is 3.95. The topological polar surface area (TPSA) is 75.7 Å². The molecule has 0 saturated heterocycles. The Bertz CT molecular complexity index is 821. The molecular weight excluding hydrogens is 368 g/mol. The van der Waals surface area contributed by atoms with Gasteiger partial charge in [-0.25, -0.2) is 0 Å². The van der Waals surface area contributed by atoms with Crippen molar-refractivity contribution in [2.24, 2.45) is 0 Å². The lowest BCUT2D eigenvalue weighted by molar-refractivity contribution is -0.150. The van der Waals surface area contributed by atoms with E-state index in [1.54, 1.807) is 31.3 Å². The molecule has 0 spiro atoms. The number of benzene rings is 2. The Morgan fingerprint density at radius 2 is 1.74 bits per heavy atom. The van der Waals surface area contributed by atoms with Crippen molar-refractivity contribution in [3.63, 3.8) is 0 Å². The molecule has 2 rings (SSSR count). The molecule has 0 unspecified atom stereocenters. The second-order valence-electron chi connectivity index (χ2n) is 6.03. The molecule has 0 aliphatic rings. The molecule has 27 heavy (non-hydrogen) atoms. The first-order chi connectivity index (χ1) is 12.9. The van der Waals surface area contributed by atoms with Crippen LogP contribution in [-0.4, -0.2) is 42.9 Å². The molecule has 142 valence electrons. The number of carbonyl (C=O) groups is 3. The number of hydrogen-bond acceptors (Lipinski definition) is 4. The SMILES string of the molecule is Cc1ccccc1CN(C)C(=O)COC(=O)CNC(=O)c1ccc(Cl)cc1. The predicted octanol–water partition coefficient (Wildman–Crippen LogP) is 2.58. The Kier molecular flexibility index (Phi) is 7.37. The first-order valence-corrected chi connectivity index (χ1v) is 8.72. The molecule has 0 aromatic heterocycles. The van der Waals surface area contributed by atoms with Crippen molar-refractivity contribution in [2.45, 2.75) is 13.5 Å². The standard InChI is InChI=1S/C20H21ClN2O4/c1-14-5-3-4-6-16(14)12-23(2)18(24)13-27-19(25)11-22-20(26)15-7-9-17(21)10-8-15/h3-10H,11-13H2,1-2H3,(H,22,26). The van der Waals surface area contributed by atoms with Crippen LogP contribution in [0.5, 0.6) is 0 Å². The van der Waals surface area contributed by atoms with Gasteiger partial charge in [-0.2, -0.15) is 0 Å². The van der Waals surface area contributed by atoms with Crippen LogP contribution in [0.15, 0.2) is 48.5 Å². The number of esters is 1. The molecular formula is C20H21ClN2O4. The monoisotopic (exact) mass is 388 g/mol. The fraction of sp³-hybridized carbons (Fsp3) is 0.250. The highest BCUT2D eigenvalue weighted by Gasteiger charge is 2.14.